The summed E-state index contributed by atoms with van der Waals surface area (Å²) in [6.45, 7) is 2.12. The Kier molecular flexibility index (Phi) is 5.48. The van der Waals surface area contributed by atoms with E-state index < -0.39 is 0 Å². The zero-order chi connectivity index (χ0) is 12.8. The highest BCUT2D eigenvalue weighted by atomic mass is 16.2. The lowest BCUT2D eigenvalue weighted by molar-refractivity contribution is -0.132. The standard InChI is InChI=1S/C15H28N2O/c1-17(14-9-11-16-12-10-14)15(18)8-7-13-5-3-2-4-6-13/h13-14,16H,2-12H2,1H3. The molecule has 1 saturated carbocycles. The number of rotatable bonds is 4. The average Bonchev–Trinajstić information content (AvgIpc) is 2.46. The Bertz CT molecular complexity index is 255. The van der Waals surface area contributed by atoms with Gasteiger partial charge >= 0.3 is 0 Å². The zero-order valence-corrected chi connectivity index (χ0v) is 11.8. The van der Waals surface area contributed by atoms with Crippen LogP contribution >= 0.6 is 0 Å². The topological polar surface area (TPSA) is 32.3 Å². The molecule has 1 amide bonds. The van der Waals surface area contributed by atoms with E-state index in [4.69, 9.17) is 0 Å². The van der Waals surface area contributed by atoms with Crippen LogP contribution in [0.4, 0.5) is 0 Å². The summed E-state index contributed by atoms with van der Waals surface area (Å²) in [5.74, 6) is 1.19. The fourth-order valence-corrected chi connectivity index (χ4v) is 3.38. The van der Waals surface area contributed by atoms with Gasteiger partial charge in [-0.25, -0.2) is 0 Å². The minimum absolute atomic E-state index is 0.368. The number of carbonyl (C=O) groups excluding carboxylic acids is 1. The van der Waals surface area contributed by atoms with Crippen molar-refractivity contribution < 1.29 is 4.79 Å². The second kappa shape index (κ2) is 7.13. The molecule has 2 rings (SSSR count). The van der Waals surface area contributed by atoms with Crippen LogP contribution in [0.2, 0.25) is 0 Å². The maximum absolute atomic E-state index is 12.2. The summed E-state index contributed by atoms with van der Waals surface area (Å²) < 4.78 is 0. The van der Waals surface area contributed by atoms with Gasteiger partial charge in [0.1, 0.15) is 0 Å². The molecule has 1 aliphatic carbocycles. The van der Waals surface area contributed by atoms with Crippen LogP contribution in [0.15, 0.2) is 0 Å². The summed E-state index contributed by atoms with van der Waals surface area (Å²) in [4.78, 5) is 14.2. The van der Waals surface area contributed by atoms with Crippen molar-refractivity contribution >= 4 is 5.91 Å². The Balaban J connectivity index is 1.69. The number of nitrogens with one attached hydrogen (secondary N) is 1. The molecule has 2 fully saturated rings. The van der Waals surface area contributed by atoms with Crippen molar-refractivity contribution in [2.24, 2.45) is 5.92 Å². The third kappa shape index (κ3) is 3.98. The van der Waals surface area contributed by atoms with E-state index in [0.29, 0.717) is 11.9 Å². The molecule has 1 saturated heterocycles. The highest BCUT2D eigenvalue weighted by Crippen LogP contribution is 2.27. The summed E-state index contributed by atoms with van der Waals surface area (Å²) in [6.07, 6.45) is 11.0. The molecule has 3 nitrogen and oxygen atoms in total. The average molecular weight is 252 g/mol. The predicted octanol–water partition coefficient (Wildman–Crippen LogP) is 2.56. The molecule has 1 heterocycles. The maximum Gasteiger partial charge on any atom is 0.222 e. The van der Waals surface area contributed by atoms with Gasteiger partial charge in [-0.1, -0.05) is 32.1 Å². The summed E-state index contributed by atoms with van der Waals surface area (Å²) in [6, 6.07) is 0.477. The van der Waals surface area contributed by atoms with Crippen molar-refractivity contribution in [3.63, 3.8) is 0 Å². The first kappa shape index (κ1) is 13.9. The number of hydrogen-bond acceptors (Lipinski definition) is 2. The van der Waals surface area contributed by atoms with Gasteiger partial charge in [0.25, 0.3) is 0 Å². The van der Waals surface area contributed by atoms with E-state index >= 15 is 0 Å². The van der Waals surface area contributed by atoms with E-state index in [2.05, 4.69) is 5.32 Å². The fraction of sp³-hybridized carbons (Fsp3) is 0.933. The molecule has 0 aromatic carbocycles. The molecule has 0 spiro atoms. The number of amides is 1. The van der Waals surface area contributed by atoms with Crippen molar-refractivity contribution in [1.29, 1.82) is 0 Å². The molecule has 0 aromatic rings. The van der Waals surface area contributed by atoms with E-state index in [0.717, 1.165) is 44.7 Å². The van der Waals surface area contributed by atoms with Gasteiger partial charge in [-0.2, -0.15) is 0 Å². The van der Waals surface area contributed by atoms with Gasteiger partial charge in [0.15, 0.2) is 0 Å². The normalized spacial score (nSPS) is 22.9. The second-order valence-corrected chi connectivity index (χ2v) is 6.03. The number of piperidine rings is 1. The van der Waals surface area contributed by atoms with Crippen molar-refractivity contribution in [1.82, 2.24) is 10.2 Å². The Morgan fingerprint density at radius 2 is 1.78 bits per heavy atom. The quantitative estimate of drug-likeness (QED) is 0.834. The summed E-state index contributed by atoms with van der Waals surface area (Å²) >= 11 is 0. The highest BCUT2D eigenvalue weighted by Gasteiger charge is 2.22. The predicted molar refractivity (Wildman–Crippen MR) is 74.5 cm³/mol. The van der Waals surface area contributed by atoms with Crippen LogP contribution in [0.25, 0.3) is 0 Å². The van der Waals surface area contributed by atoms with Crippen molar-refractivity contribution in [2.75, 3.05) is 20.1 Å². The van der Waals surface area contributed by atoms with E-state index in [-0.39, 0.29) is 0 Å². The lowest BCUT2D eigenvalue weighted by Gasteiger charge is -2.32. The molecule has 0 bridgehead atoms. The zero-order valence-electron chi connectivity index (χ0n) is 11.8. The largest absolute Gasteiger partial charge is 0.343 e. The van der Waals surface area contributed by atoms with Crippen LogP contribution in [0, 0.1) is 5.92 Å². The number of nitrogens with zero attached hydrogens (tertiary/aromatic N) is 1. The van der Waals surface area contributed by atoms with E-state index in [9.17, 15) is 4.79 Å². The summed E-state index contributed by atoms with van der Waals surface area (Å²) in [7, 11) is 2.00. The Morgan fingerprint density at radius 1 is 1.11 bits per heavy atom. The highest BCUT2D eigenvalue weighted by molar-refractivity contribution is 5.76. The van der Waals surface area contributed by atoms with Gasteiger partial charge < -0.3 is 10.2 Å². The Hall–Kier alpha value is -0.570. The van der Waals surface area contributed by atoms with E-state index in [1.54, 1.807) is 0 Å². The molecule has 0 aromatic heterocycles. The van der Waals surface area contributed by atoms with Gasteiger partial charge in [0.2, 0.25) is 5.91 Å². The fourth-order valence-electron chi connectivity index (χ4n) is 3.38. The van der Waals surface area contributed by atoms with Crippen LogP contribution in [-0.4, -0.2) is 37.0 Å². The molecule has 1 N–H and O–H groups in total. The molecular formula is C15H28N2O. The van der Waals surface area contributed by atoms with Crippen LogP contribution in [-0.2, 0) is 4.79 Å². The van der Waals surface area contributed by atoms with Crippen LogP contribution in [0.5, 0.6) is 0 Å². The molecule has 0 radical (unpaired) electrons. The third-order valence-corrected chi connectivity index (χ3v) is 4.74. The lowest BCUT2D eigenvalue weighted by atomic mass is 9.86. The minimum Gasteiger partial charge on any atom is -0.343 e. The maximum atomic E-state index is 12.2. The molecule has 1 aliphatic heterocycles. The van der Waals surface area contributed by atoms with Gasteiger partial charge in [0, 0.05) is 19.5 Å². The van der Waals surface area contributed by atoms with Gasteiger partial charge in [-0.3, -0.25) is 4.79 Å². The smallest absolute Gasteiger partial charge is 0.222 e. The monoisotopic (exact) mass is 252 g/mol. The summed E-state index contributed by atoms with van der Waals surface area (Å²) in [5, 5.41) is 3.35. The molecule has 0 atom stereocenters. The van der Waals surface area contributed by atoms with Crippen LogP contribution in [0.3, 0.4) is 0 Å². The first-order valence-corrected chi connectivity index (χ1v) is 7.74. The van der Waals surface area contributed by atoms with E-state index in [1.165, 1.54) is 32.1 Å². The molecule has 0 unspecified atom stereocenters. The van der Waals surface area contributed by atoms with Crippen molar-refractivity contribution in [2.45, 2.75) is 63.8 Å². The van der Waals surface area contributed by atoms with Crippen molar-refractivity contribution in [3.8, 4) is 0 Å². The minimum atomic E-state index is 0.368. The molecule has 2 aliphatic rings. The van der Waals surface area contributed by atoms with Gasteiger partial charge in [0.05, 0.1) is 0 Å². The Morgan fingerprint density at radius 3 is 2.44 bits per heavy atom. The number of carbonyl (C=O) groups is 1. The van der Waals surface area contributed by atoms with Crippen LogP contribution in [0.1, 0.15) is 57.8 Å². The first-order valence-electron chi connectivity index (χ1n) is 7.74. The van der Waals surface area contributed by atoms with Gasteiger partial charge in [-0.15, -0.1) is 0 Å². The summed E-state index contributed by atoms with van der Waals surface area (Å²) in [5.41, 5.74) is 0. The second-order valence-electron chi connectivity index (χ2n) is 6.03. The third-order valence-electron chi connectivity index (χ3n) is 4.74. The van der Waals surface area contributed by atoms with E-state index in [1.807, 2.05) is 11.9 Å². The molecular weight excluding hydrogens is 224 g/mol. The molecule has 18 heavy (non-hydrogen) atoms. The SMILES string of the molecule is CN(C(=O)CCC1CCCCC1)C1CCNCC1. The first-order chi connectivity index (χ1) is 8.77. The van der Waals surface area contributed by atoms with Crippen molar-refractivity contribution in [3.05, 3.63) is 0 Å². The molecule has 3 heteroatoms. The Labute approximate surface area is 111 Å². The number of hydrogen-bond donors (Lipinski definition) is 1. The lowest BCUT2D eigenvalue weighted by Crippen LogP contribution is -2.44. The van der Waals surface area contributed by atoms with Crippen LogP contribution < -0.4 is 5.32 Å². The van der Waals surface area contributed by atoms with Gasteiger partial charge in [-0.05, 0) is 38.3 Å². The molecule has 104 valence electrons.